The summed E-state index contributed by atoms with van der Waals surface area (Å²) >= 11 is 0. The molecule has 0 amide bonds. The van der Waals surface area contributed by atoms with E-state index in [1.165, 1.54) is 31.5 Å². The monoisotopic (exact) mass is 221 g/mol. The van der Waals surface area contributed by atoms with Gasteiger partial charge in [0, 0.05) is 25.2 Å². The van der Waals surface area contributed by atoms with Crippen molar-refractivity contribution in [1.82, 2.24) is 15.1 Å². The summed E-state index contributed by atoms with van der Waals surface area (Å²) in [4.78, 5) is 0. The summed E-state index contributed by atoms with van der Waals surface area (Å²) in [6.45, 7) is 5.55. The zero-order valence-corrected chi connectivity index (χ0v) is 10.7. The van der Waals surface area contributed by atoms with Gasteiger partial charge in [-0.25, -0.2) is 0 Å². The molecule has 3 heteroatoms. The Labute approximate surface area is 98.2 Å². The lowest BCUT2D eigenvalue weighted by Crippen LogP contribution is -2.39. The summed E-state index contributed by atoms with van der Waals surface area (Å²) in [5.41, 5.74) is 2.48. The van der Waals surface area contributed by atoms with E-state index in [1.54, 1.807) is 0 Å². The standard InChI is InChI=1S/C13H23N3/c1-4-11-5-6-14-12(8-11)9-13-7-10(2)15-16(13)3/h7,11-12,14H,4-6,8-9H2,1-3H3. The van der Waals surface area contributed by atoms with Gasteiger partial charge < -0.3 is 5.32 Å². The summed E-state index contributed by atoms with van der Waals surface area (Å²) in [7, 11) is 2.04. The van der Waals surface area contributed by atoms with Gasteiger partial charge in [-0.3, -0.25) is 4.68 Å². The van der Waals surface area contributed by atoms with E-state index >= 15 is 0 Å². The van der Waals surface area contributed by atoms with Crippen molar-refractivity contribution < 1.29 is 0 Å². The molecular formula is C13H23N3. The SMILES string of the molecule is CCC1CCNC(Cc2cc(C)nn2C)C1. The van der Waals surface area contributed by atoms with E-state index < -0.39 is 0 Å². The molecule has 2 rings (SSSR count). The third-order valence-electron chi connectivity index (χ3n) is 3.74. The predicted molar refractivity (Wildman–Crippen MR) is 66.5 cm³/mol. The van der Waals surface area contributed by atoms with Crippen LogP contribution in [0.3, 0.4) is 0 Å². The molecule has 0 aliphatic carbocycles. The van der Waals surface area contributed by atoms with Crippen LogP contribution in [-0.2, 0) is 13.5 Å². The van der Waals surface area contributed by atoms with Gasteiger partial charge in [-0.2, -0.15) is 5.10 Å². The van der Waals surface area contributed by atoms with Crippen LogP contribution in [0.1, 0.15) is 37.6 Å². The number of aromatic nitrogens is 2. The Morgan fingerprint density at radius 3 is 3.00 bits per heavy atom. The Morgan fingerprint density at radius 2 is 2.38 bits per heavy atom. The minimum atomic E-state index is 0.647. The Kier molecular flexibility index (Phi) is 3.64. The van der Waals surface area contributed by atoms with Crippen molar-refractivity contribution in [2.75, 3.05) is 6.54 Å². The van der Waals surface area contributed by atoms with Crippen LogP contribution in [0.5, 0.6) is 0 Å². The van der Waals surface area contributed by atoms with Gasteiger partial charge in [0.15, 0.2) is 0 Å². The smallest absolute Gasteiger partial charge is 0.0596 e. The number of aryl methyl sites for hydroxylation is 2. The lowest BCUT2D eigenvalue weighted by atomic mass is 9.88. The Hall–Kier alpha value is -0.830. The lowest BCUT2D eigenvalue weighted by Gasteiger charge is -2.29. The molecule has 3 nitrogen and oxygen atoms in total. The number of piperidine rings is 1. The number of hydrogen-bond acceptors (Lipinski definition) is 2. The van der Waals surface area contributed by atoms with Gasteiger partial charge in [-0.15, -0.1) is 0 Å². The average Bonchev–Trinajstić information content (AvgIpc) is 2.58. The van der Waals surface area contributed by atoms with E-state index in [2.05, 4.69) is 30.3 Å². The highest BCUT2D eigenvalue weighted by Gasteiger charge is 2.21. The lowest BCUT2D eigenvalue weighted by molar-refractivity contribution is 0.291. The van der Waals surface area contributed by atoms with Crippen molar-refractivity contribution in [3.63, 3.8) is 0 Å². The van der Waals surface area contributed by atoms with E-state index in [0.717, 1.165) is 18.0 Å². The summed E-state index contributed by atoms with van der Waals surface area (Å²) < 4.78 is 2.02. The third-order valence-corrected chi connectivity index (χ3v) is 3.74. The third kappa shape index (κ3) is 2.64. The molecule has 90 valence electrons. The average molecular weight is 221 g/mol. The molecule has 1 aromatic rings. The summed E-state index contributed by atoms with van der Waals surface area (Å²) in [5, 5.41) is 8.03. The molecule has 2 unspecified atom stereocenters. The maximum Gasteiger partial charge on any atom is 0.0596 e. The summed E-state index contributed by atoms with van der Waals surface area (Å²) in [6.07, 6.45) is 5.11. The molecule has 16 heavy (non-hydrogen) atoms. The van der Waals surface area contributed by atoms with Crippen molar-refractivity contribution in [2.45, 2.75) is 45.6 Å². The number of hydrogen-bond donors (Lipinski definition) is 1. The molecule has 0 bridgehead atoms. The second-order valence-corrected chi connectivity index (χ2v) is 5.05. The molecule has 1 aromatic heterocycles. The van der Waals surface area contributed by atoms with E-state index in [4.69, 9.17) is 0 Å². The highest BCUT2D eigenvalue weighted by molar-refractivity contribution is 5.10. The molecule has 1 fully saturated rings. The highest BCUT2D eigenvalue weighted by Crippen LogP contribution is 2.21. The van der Waals surface area contributed by atoms with Gasteiger partial charge in [-0.05, 0) is 38.3 Å². The van der Waals surface area contributed by atoms with Gasteiger partial charge in [0.1, 0.15) is 0 Å². The van der Waals surface area contributed by atoms with Crippen LogP contribution in [0.4, 0.5) is 0 Å². The summed E-state index contributed by atoms with van der Waals surface area (Å²) in [5.74, 6) is 0.917. The van der Waals surface area contributed by atoms with Crippen molar-refractivity contribution in [1.29, 1.82) is 0 Å². The normalized spacial score (nSPS) is 25.9. The van der Waals surface area contributed by atoms with Crippen LogP contribution in [0.15, 0.2) is 6.07 Å². The number of nitrogens with zero attached hydrogens (tertiary/aromatic N) is 2. The van der Waals surface area contributed by atoms with E-state index in [-0.39, 0.29) is 0 Å². The van der Waals surface area contributed by atoms with Crippen molar-refractivity contribution >= 4 is 0 Å². The first-order valence-corrected chi connectivity index (χ1v) is 6.42. The Balaban J connectivity index is 1.96. The second-order valence-electron chi connectivity index (χ2n) is 5.05. The molecule has 0 aromatic carbocycles. The van der Waals surface area contributed by atoms with Crippen molar-refractivity contribution in [2.24, 2.45) is 13.0 Å². The molecular weight excluding hydrogens is 198 g/mol. The van der Waals surface area contributed by atoms with Crippen LogP contribution in [0.2, 0.25) is 0 Å². The molecule has 0 radical (unpaired) electrons. The van der Waals surface area contributed by atoms with Gasteiger partial charge >= 0.3 is 0 Å². The molecule has 2 heterocycles. The van der Waals surface area contributed by atoms with E-state index in [1.807, 2.05) is 11.7 Å². The van der Waals surface area contributed by atoms with Crippen LogP contribution >= 0.6 is 0 Å². The summed E-state index contributed by atoms with van der Waals surface area (Å²) in [6, 6.07) is 2.85. The minimum Gasteiger partial charge on any atom is -0.314 e. The predicted octanol–water partition coefficient (Wildman–Crippen LogP) is 2.05. The first kappa shape index (κ1) is 11.6. The Morgan fingerprint density at radius 1 is 1.56 bits per heavy atom. The zero-order valence-electron chi connectivity index (χ0n) is 10.7. The van der Waals surface area contributed by atoms with Crippen LogP contribution in [0, 0.1) is 12.8 Å². The molecule has 1 N–H and O–H groups in total. The second kappa shape index (κ2) is 5.00. The molecule has 0 saturated carbocycles. The van der Waals surface area contributed by atoms with Crippen LogP contribution in [0.25, 0.3) is 0 Å². The maximum atomic E-state index is 4.40. The van der Waals surface area contributed by atoms with Gasteiger partial charge in [-0.1, -0.05) is 13.3 Å². The molecule has 1 saturated heterocycles. The molecule has 2 atom stereocenters. The van der Waals surface area contributed by atoms with Crippen molar-refractivity contribution in [3.8, 4) is 0 Å². The zero-order chi connectivity index (χ0) is 11.5. The maximum absolute atomic E-state index is 4.40. The highest BCUT2D eigenvalue weighted by atomic mass is 15.3. The molecule has 1 aliphatic rings. The molecule has 1 aliphatic heterocycles. The fourth-order valence-corrected chi connectivity index (χ4v) is 2.73. The topological polar surface area (TPSA) is 29.9 Å². The van der Waals surface area contributed by atoms with Crippen molar-refractivity contribution in [3.05, 3.63) is 17.5 Å². The quantitative estimate of drug-likeness (QED) is 0.846. The molecule has 0 spiro atoms. The van der Waals surface area contributed by atoms with Crippen LogP contribution in [-0.4, -0.2) is 22.4 Å². The Bertz CT molecular complexity index is 343. The van der Waals surface area contributed by atoms with Gasteiger partial charge in [0.25, 0.3) is 0 Å². The number of rotatable bonds is 3. The number of nitrogens with one attached hydrogen (secondary N) is 1. The van der Waals surface area contributed by atoms with Crippen LogP contribution < -0.4 is 5.32 Å². The van der Waals surface area contributed by atoms with Gasteiger partial charge in [0.2, 0.25) is 0 Å². The van der Waals surface area contributed by atoms with E-state index in [0.29, 0.717) is 6.04 Å². The first-order chi connectivity index (χ1) is 7.69. The minimum absolute atomic E-state index is 0.647. The fourth-order valence-electron chi connectivity index (χ4n) is 2.73. The van der Waals surface area contributed by atoms with Gasteiger partial charge in [0.05, 0.1) is 5.69 Å². The van der Waals surface area contributed by atoms with E-state index in [9.17, 15) is 0 Å². The fraction of sp³-hybridized carbons (Fsp3) is 0.769. The largest absolute Gasteiger partial charge is 0.314 e. The first-order valence-electron chi connectivity index (χ1n) is 6.42.